The predicted molar refractivity (Wildman–Crippen MR) is 273 cm³/mol. The van der Waals surface area contributed by atoms with E-state index in [4.69, 9.17) is 9.41 Å². The third kappa shape index (κ3) is 6.33. The minimum absolute atomic E-state index is 0.134. The lowest BCUT2D eigenvalue weighted by Crippen LogP contribution is -2.19. The molecule has 2 heteroatoms. The van der Waals surface area contributed by atoms with Gasteiger partial charge in [-0.05, 0) is 163 Å². The van der Waals surface area contributed by atoms with E-state index in [2.05, 4.69) is 202 Å². The van der Waals surface area contributed by atoms with Gasteiger partial charge in [-0.25, -0.2) is 0 Å². The average molecular weight is 836 g/mol. The van der Waals surface area contributed by atoms with E-state index in [1.807, 2.05) is 0 Å². The largest absolute Gasteiger partial charge is 0.456 e. The molecule has 13 rings (SSSR count). The molecule has 0 radical (unpaired) electrons. The molecule has 10 aromatic rings. The molecule has 0 N–H and O–H groups in total. The van der Waals surface area contributed by atoms with Crippen LogP contribution in [0.4, 0.5) is 0 Å². The molecule has 0 saturated heterocycles. The van der Waals surface area contributed by atoms with Crippen molar-refractivity contribution >= 4 is 54.8 Å². The molecule has 2 aliphatic carbocycles. The Bertz CT molecular complexity index is 3600. The van der Waals surface area contributed by atoms with Gasteiger partial charge in [0, 0.05) is 22.4 Å². The summed E-state index contributed by atoms with van der Waals surface area (Å²) in [6, 6.07) is 69.8. The van der Waals surface area contributed by atoms with Gasteiger partial charge in [0.2, 0.25) is 0 Å². The van der Waals surface area contributed by atoms with Gasteiger partial charge in [-0.2, -0.15) is 0 Å². The first kappa shape index (κ1) is 38.2. The molecule has 3 unspecified atom stereocenters. The Morgan fingerprint density at radius 2 is 1.12 bits per heavy atom. The summed E-state index contributed by atoms with van der Waals surface area (Å²) in [5, 5.41) is 7.40. The molecule has 0 amide bonds. The lowest BCUT2D eigenvalue weighted by atomic mass is 9.76. The van der Waals surface area contributed by atoms with Gasteiger partial charge in [0.1, 0.15) is 11.2 Å². The van der Waals surface area contributed by atoms with Crippen LogP contribution >= 0.6 is 0 Å². The second-order valence-corrected chi connectivity index (χ2v) is 18.8. The van der Waals surface area contributed by atoms with E-state index < -0.39 is 0 Å². The maximum Gasteiger partial charge on any atom is 0.135 e. The van der Waals surface area contributed by atoms with Crippen LogP contribution in [0.2, 0.25) is 0 Å². The van der Waals surface area contributed by atoms with Crippen LogP contribution in [0.15, 0.2) is 203 Å². The Balaban J connectivity index is 0.975. The number of rotatable bonds is 6. The number of allylic oxidation sites excluding steroid dienone is 1. The van der Waals surface area contributed by atoms with E-state index in [-0.39, 0.29) is 12.0 Å². The molecule has 2 heterocycles. The molecule has 0 bridgehead atoms. The number of hydrogen-bond acceptors (Lipinski definition) is 2. The molecule has 2 nitrogen and oxygen atoms in total. The summed E-state index contributed by atoms with van der Waals surface area (Å²) in [5.41, 5.74) is 20.5. The zero-order valence-corrected chi connectivity index (χ0v) is 36.9. The summed E-state index contributed by atoms with van der Waals surface area (Å²) >= 11 is 0. The molecular formula is C63H49NO. The number of fused-ring (bicyclic) bond motifs is 11. The Labute approximate surface area is 380 Å². The first-order valence-corrected chi connectivity index (χ1v) is 23.6. The van der Waals surface area contributed by atoms with Crippen molar-refractivity contribution in [1.29, 1.82) is 0 Å². The van der Waals surface area contributed by atoms with Gasteiger partial charge in [0.15, 0.2) is 0 Å². The minimum Gasteiger partial charge on any atom is -0.456 e. The molecule has 1 aliphatic heterocycles. The van der Waals surface area contributed by atoms with Gasteiger partial charge in [-0.15, -0.1) is 0 Å². The smallest absolute Gasteiger partial charge is 0.135 e. The van der Waals surface area contributed by atoms with Gasteiger partial charge in [-0.3, -0.25) is 4.99 Å². The van der Waals surface area contributed by atoms with Crippen molar-refractivity contribution in [2.75, 3.05) is 0 Å². The van der Waals surface area contributed by atoms with E-state index in [0.29, 0.717) is 11.8 Å². The standard InChI is InChI=1S/C63H49NO/c1-3-48-60(47-30-26-40-13-5-7-15-44(40)35-47)38(2)22-32-57(42-27-23-41(24-28-42)45-29-25-39-12-4-6-14-43(39)34-45)64-63(48)53-20-11-21-59-62(53)56-36-46(31-33-58(56)65-59)49-18-10-19-52-50-16-8-9-17-51(50)54-37-55(54)61(49)52/h4-21,23-31,33-36,48,54-55,63H,3,22,32,37H2,1-2H3/b60-38-,64-57?/t48?,54-,55?,63?/m0/s1. The van der Waals surface area contributed by atoms with Gasteiger partial charge in [0.25, 0.3) is 0 Å². The van der Waals surface area contributed by atoms with Gasteiger partial charge < -0.3 is 4.42 Å². The summed E-state index contributed by atoms with van der Waals surface area (Å²) < 4.78 is 6.80. The predicted octanol–water partition coefficient (Wildman–Crippen LogP) is 17.3. The lowest BCUT2D eigenvalue weighted by Gasteiger charge is -2.32. The number of benzene rings is 9. The Hall–Kier alpha value is -7.29. The topological polar surface area (TPSA) is 25.5 Å². The second-order valence-electron chi connectivity index (χ2n) is 18.8. The van der Waals surface area contributed by atoms with Crippen LogP contribution < -0.4 is 0 Å². The third-order valence-electron chi connectivity index (χ3n) is 15.1. The van der Waals surface area contributed by atoms with Gasteiger partial charge in [-0.1, -0.05) is 170 Å². The normalized spacial score (nSPS) is 20.2. The maximum absolute atomic E-state index is 6.80. The first-order valence-electron chi connectivity index (χ1n) is 23.6. The fraction of sp³-hybridized carbons (Fsp3) is 0.159. The molecule has 0 spiro atoms. The summed E-state index contributed by atoms with van der Waals surface area (Å²) in [4.78, 5) is 6.00. The van der Waals surface area contributed by atoms with Crippen molar-refractivity contribution in [3.8, 4) is 33.4 Å². The van der Waals surface area contributed by atoms with Gasteiger partial charge >= 0.3 is 0 Å². The van der Waals surface area contributed by atoms with Crippen LogP contribution in [-0.2, 0) is 0 Å². The van der Waals surface area contributed by atoms with E-state index in [9.17, 15) is 0 Å². The van der Waals surface area contributed by atoms with E-state index in [1.165, 1.54) is 106 Å². The highest BCUT2D eigenvalue weighted by Gasteiger charge is 2.46. The molecule has 312 valence electrons. The quantitative estimate of drug-likeness (QED) is 0.164. The lowest BCUT2D eigenvalue weighted by molar-refractivity contribution is 0.519. The van der Waals surface area contributed by atoms with Crippen molar-refractivity contribution in [1.82, 2.24) is 0 Å². The van der Waals surface area contributed by atoms with Crippen molar-refractivity contribution in [2.45, 2.75) is 57.4 Å². The highest BCUT2D eigenvalue weighted by atomic mass is 16.3. The zero-order valence-electron chi connectivity index (χ0n) is 36.9. The second kappa shape index (κ2) is 15.2. The summed E-state index contributed by atoms with van der Waals surface area (Å²) in [6.45, 7) is 4.73. The van der Waals surface area contributed by atoms with Crippen LogP contribution in [0.5, 0.6) is 0 Å². The van der Waals surface area contributed by atoms with Crippen molar-refractivity contribution in [3.63, 3.8) is 0 Å². The molecule has 1 fully saturated rings. The Morgan fingerprint density at radius 3 is 1.92 bits per heavy atom. The molecule has 65 heavy (non-hydrogen) atoms. The summed E-state index contributed by atoms with van der Waals surface area (Å²) in [6.07, 6.45) is 3.98. The zero-order chi connectivity index (χ0) is 43.2. The Kier molecular flexibility index (Phi) is 8.91. The highest BCUT2D eigenvalue weighted by Crippen LogP contribution is 2.64. The van der Waals surface area contributed by atoms with Crippen LogP contribution in [0.1, 0.15) is 85.2 Å². The maximum atomic E-state index is 6.80. The first-order chi connectivity index (χ1) is 32.1. The van der Waals surface area contributed by atoms with Crippen LogP contribution in [0, 0.1) is 5.92 Å². The van der Waals surface area contributed by atoms with E-state index in [0.717, 1.165) is 41.5 Å². The van der Waals surface area contributed by atoms with Gasteiger partial charge in [0.05, 0.1) is 6.04 Å². The highest BCUT2D eigenvalue weighted by molar-refractivity contribution is 6.09. The molecule has 1 aromatic heterocycles. The third-order valence-corrected chi connectivity index (χ3v) is 15.1. The monoisotopic (exact) mass is 835 g/mol. The fourth-order valence-corrected chi connectivity index (χ4v) is 11.9. The van der Waals surface area contributed by atoms with Crippen molar-refractivity contribution < 1.29 is 4.42 Å². The van der Waals surface area contributed by atoms with Crippen LogP contribution in [-0.4, -0.2) is 5.71 Å². The Morgan fingerprint density at radius 1 is 0.492 bits per heavy atom. The fourth-order valence-electron chi connectivity index (χ4n) is 11.9. The number of furan rings is 1. The number of hydrogen-bond donors (Lipinski definition) is 0. The minimum atomic E-state index is -0.145. The molecular weight excluding hydrogens is 787 g/mol. The summed E-state index contributed by atoms with van der Waals surface area (Å²) in [7, 11) is 0. The van der Waals surface area contributed by atoms with Crippen molar-refractivity contribution in [3.05, 3.63) is 221 Å². The van der Waals surface area contributed by atoms with E-state index in [1.54, 1.807) is 0 Å². The molecule has 4 atom stereocenters. The SMILES string of the molecule is CCC1/C(c2ccc3ccccc3c2)=C(/C)CCC(c2ccc(-c3ccc4ccccc4c3)cc2)=NC1c1cccc2oc3ccc(-c4cccc5c4C4C[C@H]4c4ccccc4-5)cc3c12. The average Bonchev–Trinajstić information content (AvgIpc) is 4.08. The molecule has 1 saturated carbocycles. The van der Waals surface area contributed by atoms with E-state index >= 15 is 0 Å². The number of nitrogens with zero attached hydrogens (tertiary/aromatic N) is 1. The number of aliphatic imine (C=N–C) groups is 1. The van der Waals surface area contributed by atoms with Crippen molar-refractivity contribution in [2.24, 2.45) is 10.9 Å². The molecule has 3 aliphatic rings. The summed E-state index contributed by atoms with van der Waals surface area (Å²) in [5.74, 6) is 1.32. The van der Waals surface area contributed by atoms with Crippen LogP contribution in [0.25, 0.3) is 82.4 Å². The molecule has 9 aromatic carbocycles. The van der Waals surface area contributed by atoms with Crippen LogP contribution in [0.3, 0.4) is 0 Å².